The number of fused-ring (bicyclic) bond motifs is 2. The van der Waals surface area contributed by atoms with E-state index >= 15 is 0 Å². The fourth-order valence-electron chi connectivity index (χ4n) is 3.46. The first-order valence-corrected chi connectivity index (χ1v) is 8.62. The number of carbonyl (C=O) groups is 1. The standard InChI is InChI=1S/C17H18N2O3S/c1-10-14(16(20)21-2)15(12-7-5-9-22-12)19-11-6-3-4-8-13(11)23-17(19)18-10/h5,7,9,15H,3-4,6,8H2,1-2H3. The van der Waals surface area contributed by atoms with Crippen molar-refractivity contribution in [3.63, 3.8) is 0 Å². The Bertz CT molecular complexity index is 746. The van der Waals surface area contributed by atoms with Gasteiger partial charge >= 0.3 is 5.97 Å². The summed E-state index contributed by atoms with van der Waals surface area (Å²) in [4.78, 5) is 20.6. The summed E-state index contributed by atoms with van der Waals surface area (Å²) in [6, 6.07) is 3.48. The Hall–Kier alpha value is -1.95. The van der Waals surface area contributed by atoms with E-state index in [4.69, 9.17) is 9.15 Å². The second-order valence-electron chi connectivity index (χ2n) is 5.85. The summed E-state index contributed by atoms with van der Waals surface area (Å²) in [5, 5.41) is 0.948. The average Bonchev–Trinajstić information content (AvgIpc) is 3.20. The van der Waals surface area contributed by atoms with Gasteiger partial charge in [-0.1, -0.05) is 11.8 Å². The van der Waals surface area contributed by atoms with Gasteiger partial charge in [-0.05, 0) is 44.7 Å². The van der Waals surface area contributed by atoms with Gasteiger partial charge in [-0.3, -0.25) is 0 Å². The molecule has 23 heavy (non-hydrogen) atoms. The first kappa shape index (κ1) is 14.6. The van der Waals surface area contributed by atoms with Crippen molar-refractivity contribution in [2.45, 2.75) is 38.6 Å². The van der Waals surface area contributed by atoms with E-state index in [1.54, 1.807) is 18.0 Å². The number of hydrogen-bond acceptors (Lipinski definition) is 6. The van der Waals surface area contributed by atoms with Gasteiger partial charge in [0.15, 0.2) is 5.17 Å². The van der Waals surface area contributed by atoms with Crippen LogP contribution in [0.15, 0.2) is 49.7 Å². The highest BCUT2D eigenvalue weighted by Crippen LogP contribution is 2.50. The number of nitrogens with zero attached hydrogens (tertiary/aromatic N) is 2. The quantitative estimate of drug-likeness (QED) is 0.768. The van der Waals surface area contributed by atoms with Crippen molar-refractivity contribution in [1.82, 2.24) is 4.90 Å². The van der Waals surface area contributed by atoms with E-state index in [0.29, 0.717) is 11.3 Å². The Morgan fingerprint density at radius 3 is 3.00 bits per heavy atom. The van der Waals surface area contributed by atoms with Crippen LogP contribution in [0.3, 0.4) is 0 Å². The fourth-order valence-corrected chi connectivity index (χ4v) is 4.74. The molecule has 6 heteroatoms. The Kier molecular flexibility index (Phi) is 3.56. The lowest BCUT2D eigenvalue weighted by Gasteiger charge is -2.35. The number of furan rings is 1. The van der Waals surface area contributed by atoms with Crippen molar-refractivity contribution in [3.8, 4) is 0 Å². The van der Waals surface area contributed by atoms with Crippen LogP contribution >= 0.6 is 11.8 Å². The maximum absolute atomic E-state index is 12.4. The molecule has 0 radical (unpaired) electrons. The number of esters is 1. The Morgan fingerprint density at radius 1 is 1.43 bits per heavy atom. The summed E-state index contributed by atoms with van der Waals surface area (Å²) in [6.45, 7) is 1.87. The van der Waals surface area contributed by atoms with Gasteiger partial charge in [-0.25, -0.2) is 9.79 Å². The van der Waals surface area contributed by atoms with E-state index in [1.165, 1.54) is 30.6 Å². The smallest absolute Gasteiger partial charge is 0.338 e. The molecular formula is C17H18N2O3S. The number of hydrogen-bond donors (Lipinski definition) is 0. The minimum Gasteiger partial charge on any atom is -0.467 e. The van der Waals surface area contributed by atoms with Crippen LogP contribution in [0.25, 0.3) is 0 Å². The van der Waals surface area contributed by atoms with E-state index in [-0.39, 0.29) is 12.0 Å². The third-order valence-corrected chi connectivity index (χ3v) is 5.66. The molecule has 5 nitrogen and oxygen atoms in total. The van der Waals surface area contributed by atoms with Crippen LogP contribution in [-0.2, 0) is 9.53 Å². The minimum absolute atomic E-state index is 0.289. The molecular weight excluding hydrogens is 312 g/mol. The number of thioether (sulfide) groups is 1. The topological polar surface area (TPSA) is 55.0 Å². The van der Waals surface area contributed by atoms with Crippen molar-refractivity contribution in [3.05, 3.63) is 46.0 Å². The molecule has 120 valence electrons. The molecule has 0 fully saturated rings. The zero-order chi connectivity index (χ0) is 16.0. The van der Waals surface area contributed by atoms with Gasteiger partial charge in [-0.15, -0.1) is 0 Å². The molecule has 3 heterocycles. The highest BCUT2D eigenvalue weighted by molar-refractivity contribution is 8.17. The molecule has 1 aromatic rings. The molecule has 0 bridgehead atoms. The number of rotatable bonds is 2. The summed E-state index contributed by atoms with van der Waals surface area (Å²) in [6.07, 6.45) is 6.14. The van der Waals surface area contributed by atoms with E-state index in [9.17, 15) is 4.79 Å². The largest absolute Gasteiger partial charge is 0.467 e. The Morgan fingerprint density at radius 2 is 2.26 bits per heavy atom. The second kappa shape index (κ2) is 5.60. The predicted octanol–water partition coefficient (Wildman–Crippen LogP) is 3.97. The van der Waals surface area contributed by atoms with Gasteiger partial charge in [0.25, 0.3) is 0 Å². The SMILES string of the molecule is COC(=O)C1=C(C)N=C2SC3=C(CCCC3)N2C1c1ccco1. The van der Waals surface area contributed by atoms with Gasteiger partial charge < -0.3 is 14.1 Å². The monoisotopic (exact) mass is 330 g/mol. The van der Waals surface area contributed by atoms with Crippen LogP contribution in [0.1, 0.15) is 44.4 Å². The number of aliphatic imine (C=N–C) groups is 1. The molecule has 0 saturated heterocycles. The second-order valence-corrected chi connectivity index (χ2v) is 6.91. The maximum Gasteiger partial charge on any atom is 0.338 e. The number of allylic oxidation sites excluding steroid dienone is 3. The zero-order valence-corrected chi connectivity index (χ0v) is 14.0. The maximum atomic E-state index is 12.4. The van der Waals surface area contributed by atoms with E-state index in [1.807, 2.05) is 19.1 Å². The van der Waals surface area contributed by atoms with Gasteiger partial charge in [-0.2, -0.15) is 0 Å². The molecule has 0 saturated carbocycles. The zero-order valence-electron chi connectivity index (χ0n) is 13.2. The van der Waals surface area contributed by atoms with Crippen LogP contribution in [0.4, 0.5) is 0 Å². The molecule has 0 N–H and O–H groups in total. The van der Waals surface area contributed by atoms with Gasteiger partial charge in [0.1, 0.15) is 11.8 Å². The predicted molar refractivity (Wildman–Crippen MR) is 88.5 cm³/mol. The third-order valence-electron chi connectivity index (χ3n) is 4.50. The summed E-state index contributed by atoms with van der Waals surface area (Å²) < 4.78 is 10.7. The number of carbonyl (C=O) groups excluding carboxylic acids is 1. The van der Waals surface area contributed by atoms with Crippen molar-refractivity contribution < 1.29 is 13.9 Å². The van der Waals surface area contributed by atoms with Crippen molar-refractivity contribution in [2.75, 3.05) is 7.11 Å². The molecule has 0 spiro atoms. The van der Waals surface area contributed by atoms with E-state index in [0.717, 1.165) is 23.8 Å². The molecule has 3 aliphatic rings. The normalized spacial score (nSPS) is 23.7. The lowest BCUT2D eigenvalue weighted by Crippen LogP contribution is -2.36. The summed E-state index contributed by atoms with van der Waals surface area (Å²) in [7, 11) is 1.41. The lowest BCUT2D eigenvalue weighted by atomic mass is 9.96. The summed E-state index contributed by atoms with van der Waals surface area (Å²) >= 11 is 1.73. The number of amidine groups is 1. The number of methoxy groups -OCH3 is 1. The third kappa shape index (κ3) is 2.24. The van der Waals surface area contributed by atoms with Crippen molar-refractivity contribution >= 4 is 22.9 Å². The molecule has 0 aromatic carbocycles. The molecule has 2 aliphatic heterocycles. The molecule has 1 aromatic heterocycles. The van der Waals surface area contributed by atoms with Gasteiger partial charge in [0, 0.05) is 10.6 Å². The van der Waals surface area contributed by atoms with Crippen molar-refractivity contribution in [2.24, 2.45) is 4.99 Å². The highest BCUT2D eigenvalue weighted by atomic mass is 32.2. The molecule has 4 rings (SSSR count). The lowest BCUT2D eigenvalue weighted by molar-refractivity contribution is -0.136. The molecule has 1 atom stereocenters. The van der Waals surface area contributed by atoms with Crippen molar-refractivity contribution in [1.29, 1.82) is 0 Å². The first-order chi connectivity index (χ1) is 11.2. The van der Waals surface area contributed by atoms with Crippen LogP contribution in [0.2, 0.25) is 0 Å². The van der Waals surface area contributed by atoms with Crippen LogP contribution in [0, 0.1) is 0 Å². The Balaban J connectivity index is 1.87. The average molecular weight is 330 g/mol. The minimum atomic E-state index is -0.346. The van der Waals surface area contributed by atoms with E-state index < -0.39 is 0 Å². The summed E-state index contributed by atoms with van der Waals surface area (Å²) in [5.41, 5.74) is 2.55. The van der Waals surface area contributed by atoms with Crippen LogP contribution in [-0.4, -0.2) is 23.1 Å². The molecule has 1 unspecified atom stereocenters. The highest BCUT2D eigenvalue weighted by Gasteiger charge is 2.44. The van der Waals surface area contributed by atoms with E-state index in [2.05, 4.69) is 9.89 Å². The molecule has 0 amide bonds. The van der Waals surface area contributed by atoms with Gasteiger partial charge in [0.2, 0.25) is 0 Å². The molecule has 1 aliphatic carbocycles. The van der Waals surface area contributed by atoms with Gasteiger partial charge in [0.05, 0.1) is 24.6 Å². The fraction of sp³-hybridized carbons (Fsp3) is 0.412. The van der Waals surface area contributed by atoms with Crippen LogP contribution in [0.5, 0.6) is 0 Å². The summed E-state index contributed by atoms with van der Waals surface area (Å²) in [5.74, 6) is 0.402. The first-order valence-electron chi connectivity index (χ1n) is 7.81. The Labute approximate surface area is 139 Å². The number of ether oxygens (including phenoxy) is 1. The van der Waals surface area contributed by atoms with Crippen LogP contribution < -0.4 is 0 Å².